The summed E-state index contributed by atoms with van der Waals surface area (Å²) in [5.74, 6) is -0.488. The second-order valence-corrected chi connectivity index (χ2v) is 5.33. The Morgan fingerprint density at radius 3 is 2.73 bits per heavy atom. The largest absolute Gasteiger partial charge is 0.494 e. The van der Waals surface area contributed by atoms with Gasteiger partial charge in [0.1, 0.15) is 0 Å². The summed E-state index contributed by atoms with van der Waals surface area (Å²) in [7, 11) is 3.09. The summed E-state index contributed by atoms with van der Waals surface area (Å²) in [5, 5.41) is 0. The molecule has 0 spiro atoms. The van der Waals surface area contributed by atoms with Crippen LogP contribution < -0.4 is 4.74 Å². The molecule has 1 amide bonds. The van der Waals surface area contributed by atoms with E-state index in [9.17, 15) is 9.18 Å². The zero-order valence-electron chi connectivity index (χ0n) is 13.2. The molecule has 1 heterocycles. The third-order valence-corrected chi connectivity index (χ3v) is 3.89. The van der Waals surface area contributed by atoms with Crippen molar-refractivity contribution in [2.75, 3.05) is 53.6 Å². The summed E-state index contributed by atoms with van der Waals surface area (Å²) in [5.41, 5.74) is 0.364. The molecule has 1 aliphatic heterocycles. The average Bonchev–Trinajstić information content (AvgIpc) is 2.77. The van der Waals surface area contributed by atoms with Crippen LogP contribution in [-0.2, 0) is 4.74 Å². The van der Waals surface area contributed by atoms with E-state index in [-0.39, 0.29) is 11.7 Å². The first-order valence-electron chi connectivity index (χ1n) is 7.50. The molecule has 0 radical (unpaired) electrons. The standard InChI is InChI=1S/C16H23FN2O3/c1-21-11-10-18-6-3-7-19(9-8-18)16(20)13-4-5-15(22-2)14(17)12-13/h4-5,12H,3,6-11H2,1-2H3. The Labute approximate surface area is 130 Å². The lowest BCUT2D eigenvalue weighted by Gasteiger charge is -2.22. The molecule has 0 saturated carbocycles. The van der Waals surface area contributed by atoms with Crippen LogP contribution in [-0.4, -0.2) is 69.3 Å². The van der Waals surface area contributed by atoms with Gasteiger partial charge in [0.25, 0.3) is 5.91 Å². The minimum absolute atomic E-state index is 0.129. The van der Waals surface area contributed by atoms with E-state index in [2.05, 4.69) is 4.90 Å². The fourth-order valence-electron chi connectivity index (χ4n) is 2.60. The third kappa shape index (κ3) is 4.18. The van der Waals surface area contributed by atoms with Crippen LogP contribution in [0.5, 0.6) is 5.75 Å². The van der Waals surface area contributed by atoms with Crippen LogP contribution in [0.3, 0.4) is 0 Å². The van der Waals surface area contributed by atoms with E-state index in [0.29, 0.717) is 25.3 Å². The highest BCUT2D eigenvalue weighted by Gasteiger charge is 2.21. The Bertz CT molecular complexity index is 510. The van der Waals surface area contributed by atoms with Crippen LogP contribution in [0.1, 0.15) is 16.8 Å². The predicted molar refractivity (Wildman–Crippen MR) is 81.8 cm³/mol. The number of methoxy groups -OCH3 is 2. The minimum atomic E-state index is -0.509. The Morgan fingerprint density at radius 1 is 1.23 bits per heavy atom. The summed E-state index contributed by atoms with van der Waals surface area (Å²) in [6.45, 7) is 4.66. The lowest BCUT2D eigenvalue weighted by atomic mass is 10.1. The molecular weight excluding hydrogens is 287 g/mol. The zero-order chi connectivity index (χ0) is 15.9. The van der Waals surface area contributed by atoms with Crippen LogP contribution in [0.2, 0.25) is 0 Å². The van der Waals surface area contributed by atoms with Gasteiger partial charge in [0, 0.05) is 38.9 Å². The highest BCUT2D eigenvalue weighted by molar-refractivity contribution is 5.94. The maximum absolute atomic E-state index is 13.7. The zero-order valence-corrected chi connectivity index (χ0v) is 13.2. The van der Waals surface area contributed by atoms with Gasteiger partial charge in [-0.2, -0.15) is 0 Å². The maximum Gasteiger partial charge on any atom is 0.254 e. The number of ether oxygens (including phenoxy) is 2. The fraction of sp³-hybridized carbons (Fsp3) is 0.562. The van der Waals surface area contributed by atoms with Crippen molar-refractivity contribution in [2.24, 2.45) is 0 Å². The second-order valence-electron chi connectivity index (χ2n) is 5.33. The van der Waals surface area contributed by atoms with Crippen molar-refractivity contribution in [3.05, 3.63) is 29.6 Å². The third-order valence-electron chi connectivity index (χ3n) is 3.89. The number of halogens is 1. The van der Waals surface area contributed by atoms with Gasteiger partial charge in [0.05, 0.1) is 13.7 Å². The molecule has 0 aromatic heterocycles. The first kappa shape index (κ1) is 16.7. The SMILES string of the molecule is COCCN1CCCN(C(=O)c2ccc(OC)c(F)c2)CC1. The fourth-order valence-corrected chi connectivity index (χ4v) is 2.60. The molecule has 1 aliphatic rings. The van der Waals surface area contributed by atoms with Crippen molar-refractivity contribution >= 4 is 5.91 Å². The first-order valence-corrected chi connectivity index (χ1v) is 7.50. The van der Waals surface area contributed by atoms with Gasteiger partial charge in [-0.15, -0.1) is 0 Å². The maximum atomic E-state index is 13.7. The number of amides is 1. The average molecular weight is 310 g/mol. The number of carbonyl (C=O) groups excluding carboxylic acids is 1. The lowest BCUT2D eigenvalue weighted by Crippen LogP contribution is -2.36. The normalized spacial score (nSPS) is 16.4. The molecule has 1 aromatic carbocycles. The molecule has 22 heavy (non-hydrogen) atoms. The van der Waals surface area contributed by atoms with Gasteiger partial charge >= 0.3 is 0 Å². The number of nitrogens with zero attached hydrogens (tertiary/aromatic N) is 2. The van der Waals surface area contributed by atoms with Crippen molar-refractivity contribution < 1.29 is 18.7 Å². The molecule has 0 N–H and O–H groups in total. The number of hydrogen-bond donors (Lipinski definition) is 0. The highest BCUT2D eigenvalue weighted by Crippen LogP contribution is 2.19. The van der Waals surface area contributed by atoms with Gasteiger partial charge in [-0.05, 0) is 31.2 Å². The van der Waals surface area contributed by atoms with Gasteiger partial charge < -0.3 is 14.4 Å². The van der Waals surface area contributed by atoms with E-state index in [1.165, 1.54) is 19.2 Å². The molecule has 5 nitrogen and oxygen atoms in total. The molecule has 1 fully saturated rings. The van der Waals surface area contributed by atoms with Gasteiger partial charge in [-0.1, -0.05) is 0 Å². The smallest absolute Gasteiger partial charge is 0.254 e. The molecule has 2 rings (SSSR count). The van der Waals surface area contributed by atoms with Crippen molar-refractivity contribution in [3.63, 3.8) is 0 Å². The predicted octanol–water partition coefficient (Wildman–Crippen LogP) is 1.63. The summed E-state index contributed by atoms with van der Waals surface area (Å²) < 4.78 is 23.7. The molecule has 6 heteroatoms. The molecule has 122 valence electrons. The van der Waals surface area contributed by atoms with E-state index < -0.39 is 5.82 Å². The van der Waals surface area contributed by atoms with E-state index in [1.807, 2.05) is 0 Å². The quantitative estimate of drug-likeness (QED) is 0.829. The monoisotopic (exact) mass is 310 g/mol. The molecule has 0 bridgehead atoms. The highest BCUT2D eigenvalue weighted by atomic mass is 19.1. The number of rotatable bonds is 5. The van der Waals surface area contributed by atoms with Crippen LogP contribution in [0.15, 0.2) is 18.2 Å². The van der Waals surface area contributed by atoms with Gasteiger partial charge in [0.2, 0.25) is 0 Å². The molecule has 1 aromatic rings. The van der Waals surface area contributed by atoms with Gasteiger partial charge in [0.15, 0.2) is 11.6 Å². The van der Waals surface area contributed by atoms with E-state index in [4.69, 9.17) is 9.47 Å². The number of hydrogen-bond acceptors (Lipinski definition) is 4. The van der Waals surface area contributed by atoms with Crippen molar-refractivity contribution in [1.29, 1.82) is 0 Å². The van der Waals surface area contributed by atoms with Crippen molar-refractivity contribution in [3.8, 4) is 5.75 Å². The summed E-state index contributed by atoms with van der Waals surface area (Å²) in [4.78, 5) is 16.6. The van der Waals surface area contributed by atoms with Gasteiger partial charge in [-0.25, -0.2) is 4.39 Å². The van der Waals surface area contributed by atoms with Crippen molar-refractivity contribution in [1.82, 2.24) is 9.80 Å². The van der Waals surface area contributed by atoms with Crippen LogP contribution in [0.4, 0.5) is 4.39 Å². The Balaban J connectivity index is 1.99. The lowest BCUT2D eigenvalue weighted by molar-refractivity contribution is 0.0758. The summed E-state index contributed by atoms with van der Waals surface area (Å²) in [6, 6.07) is 4.35. The number of carbonyl (C=O) groups is 1. The van der Waals surface area contributed by atoms with E-state index >= 15 is 0 Å². The van der Waals surface area contributed by atoms with Crippen LogP contribution >= 0.6 is 0 Å². The van der Waals surface area contributed by atoms with Crippen molar-refractivity contribution in [2.45, 2.75) is 6.42 Å². The molecule has 1 saturated heterocycles. The topological polar surface area (TPSA) is 42.0 Å². The Morgan fingerprint density at radius 2 is 2.05 bits per heavy atom. The summed E-state index contributed by atoms with van der Waals surface area (Å²) in [6.07, 6.45) is 0.911. The molecule has 0 aliphatic carbocycles. The van der Waals surface area contributed by atoms with E-state index in [0.717, 1.165) is 26.1 Å². The van der Waals surface area contributed by atoms with Gasteiger partial charge in [-0.3, -0.25) is 9.69 Å². The molecule has 0 unspecified atom stereocenters. The number of benzene rings is 1. The Kier molecular flexibility index (Phi) is 6.15. The van der Waals surface area contributed by atoms with E-state index in [1.54, 1.807) is 18.1 Å². The van der Waals surface area contributed by atoms with Crippen LogP contribution in [0.25, 0.3) is 0 Å². The molecule has 0 atom stereocenters. The first-order chi connectivity index (χ1) is 10.7. The second kappa shape index (κ2) is 8.10. The minimum Gasteiger partial charge on any atom is -0.494 e. The van der Waals surface area contributed by atoms with Crippen LogP contribution in [0, 0.1) is 5.82 Å². The summed E-state index contributed by atoms with van der Waals surface area (Å²) >= 11 is 0. The Hall–Kier alpha value is -1.66. The molecular formula is C16H23FN2O3.